The van der Waals surface area contributed by atoms with Gasteiger partial charge in [0, 0.05) is 23.0 Å². The Labute approximate surface area is 112 Å². The van der Waals surface area contributed by atoms with Crippen LogP contribution in [0, 0.1) is 6.92 Å². The molecule has 92 valence electrons. The monoisotopic (exact) mass is 246 g/mol. The van der Waals surface area contributed by atoms with Crippen LogP contribution in [0.4, 0.5) is 0 Å². The van der Waals surface area contributed by atoms with E-state index in [0.29, 0.717) is 0 Å². The van der Waals surface area contributed by atoms with E-state index in [1.54, 1.807) is 0 Å². The van der Waals surface area contributed by atoms with Gasteiger partial charge in [-0.05, 0) is 31.2 Å². The van der Waals surface area contributed by atoms with Gasteiger partial charge in [0.2, 0.25) is 0 Å². The van der Waals surface area contributed by atoms with Gasteiger partial charge in [0.25, 0.3) is 0 Å². The van der Waals surface area contributed by atoms with E-state index >= 15 is 0 Å². The Bertz CT molecular complexity index is 618. The molecular formula is C17H14N2. The van der Waals surface area contributed by atoms with Crippen LogP contribution >= 0.6 is 0 Å². The second-order valence-corrected chi connectivity index (χ2v) is 4.46. The average Bonchev–Trinajstić information content (AvgIpc) is 2.48. The third-order valence-electron chi connectivity index (χ3n) is 2.98. The molecule has 0 fully saturated rings. The molecule has 2 heterocycles. The van der Waals surface area contributed by atoms with Crippen molar-refractivity contribution >= 4 is 0 Å². The lowest BCUT2D eigenvalue weighted by molar-refractivity contribution is 1.20. The summed E-state index contributed by atoms with van der Waals surface area (Å²) in [5, 5.41) is 0. The second kappa shape index (κ2) is 5.02. The largest absolute Gasteiger partial charge is 0.256 e. The number of aryl methyl sites for hydroxylation is 1. The lowest BCUT2D eigenvalue weighted by Crippen LogP contribution is -1.90. The third-order valence-corrected chi connectivity index (χ3v) is 2.98. The molecule has 0 saturated carbocycles. The Morgan fingerprint density at radius 3 is 2.26 bits per heavy atom. The Morgan fingerprint density at radius 2 is 1.53 bits per heavy atom. The summed E-state index contributed by atoms with van der Waals surface area (Å²) in [6.07, 6.45) is 1.81. The summed E-state index contributed by atoms with van der Waals surface area (Å²) in [4.78, 5) is 9.00. The van der Waals surface area contributed by atoms with E-state index in [1.807, 2.05) is 49.5 Å². The molecule has 0 spiro atoms. The Balaban J connectivity index is 2.12. The van der Waals surface area contributed by atoms with Gasteiger partial charge in [-0.15, -0.1) is 0 Å². The first-order valence-electron chi connectivity index (χ1n) is 6.28. The van der Waals surface area contributed by atoms with Crippen LogP contribution in [0.25, 0.3) is 22.5 Å². The van der Waals surface area contributed by atoms with Gasteiger partial charge >= 0.3 is 0 Å². The quantitative estimate of drug-likeness (QED) is 0.679. The van der Waals surface area contributed by atoms with Crippen molar-refractivity contribution in [3.63, 3.8) is 0 Å². The maximum atomic E-state index is 4.60. The minimum atomic E-state index is 0.977. The number of nitrogens with zero attached hydrogens (tertiary/aromatic N) is 2. The fourth-order valence-electron chi connectivity index (χ4n) is 2.11. The van der Waals surface area contributed by atoms with E-state index in [9.17, 15) is 0 Å². The summed E-state index contributed by atoms with van der Waals surface area (Å²) in [6.45, 7) is 2.01. The SMILES string of the molecule is Cc1cc(-c2ccccn2)cc(-c2ccccc2)n1. The van der Waals surface area contributed by atoms with Crippen LogP contribution in [-0.2, 0) is 0 Å². The topological polar surface area (TPSA) is 25.8 Å². The maximum Gasteiger partial charge on any atom is 0.0711 e. The molecule has 0 aliphatic heterocycles. The smallest absolute Gasteiger partial charge is 0.0711 e. The van der Waals surface area contributed by atoms with Crippen LogP contribution in [0.3, 0.4) is 0 Å². The molecule has 19 heavy (non-hydrogen) atoms. The van der Waals surface area contributed by atoms with Crippen molar-refractivity contribution in [2.45, 2.75) is 6.92 Å². The molecule has 1 aromatic carbocycles. The lowest BCUT2D eigenvalue weighted by atomic mass is 10.1. The number of rotatable bonds is 2. The summed E-state index contributed by atoms with van der Waals surface area (Å²) in [7, 11) is 0. The molecule has 3 aromatic rings. The normalized spacial score (nSPS) is 10.4. The molecule has 0 unspecified atom stereocenters. The van der Waals surface area contributed by atoms with Crippen molar-refractivity contribution in [2.75, 3.05) is 0 Å². The highest BCUT2D eigenvalue weighted by molar-refractivity contribution is 5.68. The van der Waals surface area contributed by atoms with Crippen LogP contribution in [0.2, 0.25) is 0 Å². The molecule has 0 N–H and O–H groups in total. The van der Waals surface area contributed by atoms with Crippen molar-refractivity contribution in [1.82, 2.24) is 9.97 Å². The van der Waals surface area contributed by atoms with Crippen molar-refractivity contribution in [1.29, 1.82) is 0 Å². The Hall–Kier alpha value is -2.48. The molecule has 2 heteroatoms. The number of aromatic nitrogens is 2. The van der Waals surface area contributed by atoms with E-state index in [1.165, 1.54) is 0 Å². The van der Waals surface area contributed by atoms with Crippen LogP contribution in [-0.4, -0.2) is 9.97 Å². The molecule has 2 aromatic heterocycles. The zero-order chi connectivity index (χ0) is 13.1. The average molecular weight is 246 g/mol. The van der Waals surface area contributed by atoms with Gasteiger partial charge in [-0.1, -0.05) is 36.4 Å². The molecule has 0 aliphatic carbocycles. The summed E-state index contributed by atoms with van der Waals surface area (Å²) in [5.74, 6) is 0. The van der Waals surface area contributed by atoms with E-state index in [4.69, 9.17) is 0 Å². The highest BCUT2D eigenvalue weighted by Gasteiger charge is 2.05. The highest BCUT2D eigenvalue weighted by atomic mass is 14.7. The fraction of sp³-hybridized carbons (Fsp3) is 0.0588. The molecular weight excluding hydrogens is 232 g/mol. The van der Waals surface area contributed by atoms with Gasteiger partial charge in [-0.2, -0.15) is 0 Å². The van der Waals surface area contributed by atoms with Gasteiger partial charge < -0.3 is 0 Å². The van der Waals surface area contributed by atoms with Gasteiger partial charge in [-0.25, -0.2) is 0 Å². The van der Waals surface area contributed by atoms with Gasteiger partial charge in [0.15, 0.2) is 0 Å². The van der Waals surface area contributed by atoms with Gasteiger partial charge in [0.1, 0.15) is 0 Å². The summed E-state index contributed by atoms with van der Waals surface area (Å²) >= 11 is 0. The third kappa shape index (κ3) is 2.52. The maximum absolute atomic E-state index is 4.60. The zero-order valence-corrected chi connectivity index (χ0v) is 10.7. The van der Waals surface area contributed by atoms with Crippen molar-refractivity contribution in [3.05, 3.63) is 72.6 Å². The molecule has 0 radical (unpaired) electrons. The predicted octanol–water partition coefficient (Wildman–Crippen LogP) is 4.12. The van der Waals surface area contributed by atoms with Crippen molar-refractivity contribution in [3.8, 4) is 22.5 Å². The van der Waals surface area contributed by atoms with Crippen LogP contribution in [0.15, 0.2) is 66.9 Å². The lowest BCUT2D eigenvalue weighted by Gasteiger charge is -2.06. The van der Waals surface area contributed by atoms with Crippen molar-refractivity contribution < 1.29 is 0 Å². The second-order valence-electron chi connectivity index (χ2n) is 4.46. The highest BCUT2D eigenvalue weighted by Crippen LogP contribution is 2.24. The molecule has 0 atom stereocenters. The first-order chi connectivity index (χ1) is 9.33. The van der Waals surface area contributed by atoms with Gasteiger partial charge in [0.05, 0.1) is 11.4 Å². The summed E-state index contributed by atoms with van der Waals surface area (Å²) in [6, 6.07) is 20.3. The fourth-order valence-corrected chi connectivity index (χ4v) is 2.11. The van der Waals surface area contributed by atoms with E-state index < -0.39 is 0 Å². The molecule has 0 aliphatic rings. The van der Waals surface area contributed by atoms with E-state index in [-0.39, 0.29) is 0 Å². The molecule has 0 amide bonds. The minimum absolute atomic E-state index is 0.977. The number of hydrogen-bond donors (Lipinski definition) is 0. The van der Waals surface area contributed by atoms with Crippen molar-refractivity contribution in [2.24, 2.45) is 0 Å². The summed E-state index contributed by atoms with van der Waals surface area (Å²) < 4.78 is 0. The van der Waals surface area contributed by atoms with Gasteiger partial charge in [-0.3, -0.25) is 9.97 Å². The Kier molecular flexibility index (Phi) is 3.07. The Morgan fingerprint density at radius 1 is 0.737 bits per heavy atom. The number of pyridine rings is 2. The zero-order valence-electron chi connectivity index (χ0n) is 10.7. The molecule has 3 rings (SSSR count). The summed E-state index contributed by atoms with van der Waals surface area (Å²) in [5.41, 5.74) is 5.20. The van der Waals surface area contributed by atoms with E-state index in [0.717, 1.165) is 28.2 Å². The number of hydrogen-bond acceptors (Lipinski definition) is 2. The standard InChI is InChI=1S/C17H14N2/c1-13-11-15(16-9-5-6-10-18-16)12-17(19-13)14-7-3-2-4-8-14/h2-12H,1H3. The van der Waals surface area contributed by atoms with Crippen LogP contribution in [0.1, 0.15) is 5.69 Å². The molecule has 2 nitrogen and oxygen atoms in total. The van der Waals surface area contributed by atoms with Crippen LogP contribution < -0.4 is 0 Å². The first-order valence-corrected chi connectivity index (χ1v) is 6.28. The van der Waals surface area contributed by atoms with E-state index in [2.05, 4.69) is 34.2 Å². The number of benzene rings is 1. The minimum Gasteiger partial charge on any atom is -0.256 e. The first kappa shape index (κ1) is 11.6. The predicted molar refractivity (Wildman–Crippen MR) is 77.6 cm³/mol. The molecule has 0 saturated heterocycles. The molecule has 0 bridgehead atoms. The van der Waals surface area contributed by atoms with Crippen LogP contribution in [0.5, 0.6) is 0 Å².